The molecule has 3 fully saturated rings. The first kappa shape index (κ1) is 40.0. The summed E-state index contributed by atoms with van der Waals surface area (Å²) in [5, 5.41) is 1.40. The van der Waals surface area contributed by atoms with E-state index in [0.717, 1.165) is 5.39 Å². The van der Waals surface area contributed by atoms with Crippen LogP contribution in [0.2, 0.25) is 0 Å². The van der Waals surface area contributed by atoms with Crippen LogP contribution in [0.4, 0.5) is 0 Å². The second-order valence-corrected chi connectivity index (χ2v) is 19.5. The highest BCUT2D eigenvalue weighted by Crippen LogP contribution is 2.57. The fourth-order valence-corrected chi connectivity index (χ4v) is 9.46. The van der Waals surface area contributed by atoms with Gasteiger partial charge < -0.3 is 28.6 Å². The van der Waals surface area contributed by atoms with Crippen molar-refractivity contribution in [3.8, 4) is 17.4 Å². The number of carbonyl (C=O) groups is 4. The van der Waals surface area contributed by atoms with E-state index < -0.39 is 73.5 Å². The van der Waals surface area contributed by atoms with Gasteiger partial charge >= 0.3 is 5.97 Å². The molecule has 14 nitrogen and oxygen atoms in total. The van der Waals surface area contributed by atoms with Crippen LogP contribution in [0.25, 0.3) is 10.8 Å². The number of ketones is 1. The fraction of sp³-hybridized carbons (Fsp3) is 0.634. The number of rotatable bonds is 7. The van der Waals surface area contributed by atoms with Crippen LogP contribution in [0, 0.1) is 17.3 Å². The van der Waals surface area contributed by atoms with E-state index in [-0.39, 0.29) is 50.1 Å². The van der Waals surface area contributed by atoms with Crippen molar-refractivity contribution in [3.05, 3.63) is 36.5 Å². The number of carbonyl (C=O) groups excluding carboxylic acids is 4. The SMILES string of the molecule is C[C@@H]1CC/C=C\[C@@H]2C[C@@]2(C(=O)NS(=O)(=O)C2(C)CC2)CC(=O)[C@@H]2C[C@@H](Oc3nccc4c5c(ccc34)OCCO5)CN2C(=O)[C@@H](CC(=O)OC(C)(C)C)[C@H](C)O1. The molecule has 0 radical (unpaired) electrons. The van der Waals surface area contributed by atoms with Crippen LogP contribution in [0.5, 0.6) is 17.4 Å². The van der Waals surface area contributed by atoms with Crippen LogP contribution in [0.1, 0.15) is 92.9 Å². The van der Waals surface area contributed by atoms with Crippen LogP contribution in [-0.4, -0.2) is 96.3 Å². The summed E-state index contributed by atoms with van der Waals surface area (Å²) >= 11 is 0. The van der Waals surface area contributed by atoms with E-state index in [1.165, 1.54) is 4.90 Å². The molecule has 15 heteroatoms. The standard InChI is InChI=1S/C41H53N3O11S/c1-24-9-7-8-10-26-21-41(26,38(48)43-56(49,50)40(6)14-15-40)22-32(45)31-19-27(23-44(31)37(47)30(25(2)53-24)20-34(46)55-39(3,4)5)54-36-29-11-12-33-35(52-18-17-51-33)28(29)13-16-42-36/h8,10-13,16,24-27,30-31H,7,9,14-15,17-23H2,1-6H3,(H,43,48)/b10-8-/t24-,25+,26-,27-,30+,31+,41-/m1/s1. The minimum atomic E-state index is -3.97. The Morgan fingerprint density at radius 1 is 1.07 bits per heavy atom. The quantitative estimate of drug-likeness (QED) is 0.300. The molecular weight excluding hydrogens is 743 g/mol. The lowest BCUT2D eigenvalue weighted by molar-refractivity contribution is -0.163. The zero-order valence-electron chi connectivity index (χ0n) is 33.0. The predicted molar refractivity (Wildman–Crippen MR) is 204 cm³/mol. The molecule has 1 aromatic heterocycles. The number of esters is 1. The van der Waals surface area contributed by atoms with Crippen molar-refractivity contribution in [1.29, 1.82) is 0 Å². The minimum Gasteiger partial charge on any atom is -0.486 e. The summed E-state index contributed by atoms with van der Waals surface area (Å²) in [5.41, 5.74) is -2.10. The van der Waals surface area contributed by atoms with Gasteiger partial charge in [-0.25, -0.2) is 13.4 Å². The number of hydrogen-bond acceptors (Lipinski definition) is 12. The van der Waals surface area contributed by atoms with Crippen molar-refractivity contribution in [2.24, 2.45) is 17.3 Å². The summed E-state index contributed by atoms with van der Waals surface area (Å²) in [5.74, 6) is -2.07. The Morgan fingerprint density at radius 3 is 2.55 bits per heavy atom. The second-order valence-electron chi connectivity index (χ2n) is 17.3. The van der Waals surface area contributed by atoms with E-state index in [9.17, 15) is 27.6 Å². The summed E-state index contributed by atoms with van der Waals surface area (Å²) in [7, 11) is -3.97. The van der Waals surface area contributed by atoms with E-state index in [1.54, 1.807) is 52.9 Å². The van der Waals surface area contributed by atoms with Crippen LogP contribution in [0.15, 0.2) is 36.5 Å². The van der Waals surface area contributed by atoms with Gasteiger partial charge in [0.1, 0.15) is 24.9 Å². The Balaban J connectivity index is 1.22. The number of pyridine rings is 1. The number of ether oxygens (including phenoxy) is 5. The predicted octanol–water partition coefficient (Wildman–Crippen LogP) is 4.81. The minimum absolute atomic E-state index is 0.0137. The topological polar surface area (TPSA) is 177 Å². The molecule has 1 saturated heterocycles. The highest BCUT2D eigenvalue weighted by molar-refractivity contribution is 7.91. The molecule has 2 aliphatic carbocycles. The zero-order valence-corrected chi connectivity index (χ0v) is 33.8. The van der Waals surface area contributed by atoms with Crippen molar-refractivity contribution >= 4 is 44.4 Å². The normalized spacial score (nSPS) is 30.9. The van der Waals surface area contributed by atoms with E-state index in [0.29, 0.717) is 55.8 Å². The third-order valence-corrected chi connectivity index (χ3v) is 13.9. The summed E-state index contributed by atoms with van der Waals surface area (Å²) < 4.78 is 58.0. The lowest BCUT2D eigenvalue weighted by Gasteiger charge is -2.32. The number of sulfonamides is 1. The number of aromatic nitrogens is 1. The monoisotopic (exact) mass is 795 g/mol. The molecule has 2 aromatic rings. The molecule has 0 spiro atoms. The number of allylic oxidation sites excluding steroid dienone is 2. The number of nitrogens with zero attached hydrogens (tertiary/aromatic N) is 2. The molecule has 1 N–H and O–H groups in total. The van der Waals surface area contributed by atoms with Gasteiger partial charge in [-0.1, -0.05) is 12.2 Å². The van der Waals surface area contributed by atoms with E-state index in [4.69, 9.17) is 23.7 Å². The van der Waals surface area contributed by atoms with Gasteiger partial charge in [-0.3, -0.25) is 23.9 Å². The van der Waals surface area contributed by atoms with Gasteiger partial charge in [0.25, 0.3) is 0 Å². The third-order valence-electron chi connectivity index (χ3n) is 11.8. The molecule has 56 heavy (non-hydrogen) atoms. The van der Waals surface area contributed by atoms with E-state index >= 15 is 0 Å². The Kier molecular flexibility index (Phi) is 10.7. The molecule has 7 atom stereocenters. The molecule has 0 bridgehead atoms. The van der Waals surface area contributed by atoms with Crippen LogP contribution < -0.4 is 18.9 Å². The van der Waals surface area contributed by atoms with Crippen LogP contribution >= 0.6 is 0 Å². The Morgan fingerprint density at radius 2 is 1.82 bits per heavy atom. The number of nitrogens with one attached hydrogen (secondary N) is 1. The molecule has 0 unspecified atom stereocenters. The lowest BCUT2D eigenvalue weighted by atomic mass is 9.90. The van der Waals surface area contributed by atoms with Crippen molar-refractivity contribution < 1.29 is 51.3 Å². The van der Waals surface area contributed by atoms with Crippen molar-refractivity contribution in [2.75, 3.05) is 19.8 Å². The van der Waals surface area contributed by atoms with E-state index in [2.05, 4.69) is 9.71 Å². The maximum Gasteiger partial charge on any atom is 0.307 e. The van der Waals surface area contributed by atoms with Gasteiger partial charge in [0.2, 0.25) is 27.7 Å². The molecule has 2 saturated carbocycles. The van der Waals surface area contributed by atoms with E-state index in [1.807, 2.05) is 25.1 Å². The first-order chi connectivity index (χ1) is 26.4. The number of Topliss-reactive ketones (excluding diaryl/α,β-unsaturated/α-hetero) is 1. The average molecular weight is 796 g/mol. The van der Waals surface area contributed by atoms with Crippen LogP contribution in [-0.2, 0) is 38.7 Å². The first-order valence-corrected chi connectivity index (χ1v) is 21.2. The molecule has 2 amide bonds. The molecule has 5 aliphatic rings. The van der Waals surface area contributed by atoms with Gasteiger partial charge in [-0.15, -0.1) is 0 Å². The largest absolute Gasteiger partial charge is 0.486 e. The fourth-order valence-electron chi connectivity index (χ4n) is 8.12. The highest BCUT2D eigenvalue weighted by Gasteiger charge is 2.62. The van der Waals surface area contributed by atoms with Crippen LogP contribution in [0.3, 0.4) is 0 Å². The van der Waals surface area contributed by atoms with Crippen molar-refractivity contribution in [1.82, 2.24) is 14.6 Å². The smallest absolute Gasteiger partial charge is 0.307 e. The van der Waals surface area contributed by atoms with Gasteiger partial charge in [-0.2, -0.15) is 0 Å². The average Bonchev–Trinajstić information content (AvgIpc) is 4.01. The zero-order chi connectivity index (χ0) is 40.2. The number of benzene rings is 1. The number of fused-ring (bicyclic) bond motifs is 5. The van der Waals surface area contributed by atoms with Gasteiger partial charge in [0, 0.05) is 29.8 Å². The summed E-state index contributed by atoms with van der Waals surface area (Å²) in [6.07, 6.45) is 5.58. The molecule has 7 rings (SSSR count). The first-order valence-electron chi connectivity index (χ1n) is 19.7. The maximum atomic E-state index is 14.8. The maximum absolute atomic E-state index is 14.8. The van der Waals surface area contributed by atoms with Crippen molar-refractivity contribution in [2.45, 2.75) is 128 Å². The number of hydrogen-bond donors (Lipinski definition) is 1. The summed E-state index contributed by atoms with van der Waals surface area (Å²) in [6.45, 7) is 11.3. The second kappa shape index (κ2) is 14.9. The number of amides is 2. The summed E-state index contributed by atoms with van der Waals surface area (Å²) in [6, 6.07) is 4.37. The Bertz CT molecular complexity index is 2040. The van der Waals surface area contributed by atoms with Gasteiger partial charge in [0.05, 0.1) is 47.3 Å². The Hall–Kier alpha value is -4.24. The van der Waals surface area contributed by atoms with Gasteiger partial charge in [0.15, 0.2) is 17.3 Å². The highest BCUT2D eigenvalue weighted by atomic mass is 32.2. The molecule has 1 aromatic carbocycles. The Labute approximate surface area is 328 Å². The lowest BCUT2D eigenvalue weighted by Crippen LogP contribution is -2.49. The molecular formula is C41H53N3O11S. The molecule has 304 valence electrons. The third kappa shape index (κ3) is 8.11. The summed E-state index contributed by atoms with van der Waals surface area (Å²) in [4.78, 5) is 62.7. The van der Waals surface area contributed by atoms with Gasteiger partial charge in [-0.05, 0) is 97.8 Å². The van der Waals surface area contributed by atoms with Crippen molar-refractivity contribution in [3.63, 3.8) is 0 Å². The molecule has 3 aliphatic heterocycles. The molecule has 4 heterocycles.